The first-order chi connectivity index (χ1) is 10.6. The average molecular weight is 297 g/mol. The third-order valence-corrected chi connectivity index (χ3v) is 2.97. The van der Waals surface area contributed by atoms with Crippen molar-refractivity contribution in [3.8, 4) is 0 Å². The van der Waals surface area contributed by atoms with Gasteiger partial charge in [0.1, 0.15) is 6.10 Å². The highest BCUT2D eigenvalue weighted by atomic mass is 16.6. The van der Waals surface area contributed by atoms with Crippen molar-refractivity contribution < 1.29 is 14.5 Å². The van der Waals surface area contributed by atoms with Crippen molar-refractivity contribution in [1.29, 1.82) is 0 Å². The van der Waals surface area contributed by atoms with Gasteiger partial charge in [-0.15, -0.1) is 0 Å². The van der Waals surface area contributed by atoms with Gasteiger partial charge in [-0.2, -0.15) is 0 Å². The van der Waals surface area contributed by atoms with Crippen LogP contribution in [0, 0.1) is 10.1 Å². The summed E-state index contributed by atoms with van der Waals surface area (Å²) in [6, 6.07) is 15.5. The molecular weight excluding hydrogens is 282 g/mol. The van der Waals surface area contributed by atoms with Crippen LogP contribution in [-0.4, -0.2) is 10.9 Å². The summed E-state index contributed by atoms with van der Waals surface area (Å²) in [7, 11) is 0. The van der Waals surface area contributed by atoms with Gasteiger partial charge in [-0.3, -0.25) is 14.9 Å². The maximum Gasteiger partial charge on any atom is 0.303 e. The minimum atomic E-state index is -0.530. The fourth-order valence-electron chi connectivity index (χ4n) is 1.98. The molecule has 5 nitrogen and oxygen atoms in total. The number of carbonyl (C=O) groups is 1. The maximum atomic E-state index is 11.2. The molecule has 5 heteroatoms. The second-order valence-electron chi connectivity index (χ2n) is 4.65. The molecule has 0 spiro atoms. The maximum absolute atomic E-state index is 11.2. The van der Waals surface area contributed by atoms with Crippen molar-refractivity contribution in [1.82, 2.24) is 0 Å². The highest BCUT2D eigenvalue weighted by molar-refractivity contribution is 5.67. The molecule has 1 unspecified atom stereocenters. The summed E-state index contributed by atoms with van der Waals surface area (Å²) in [4.78, 5) is 21.6. The number of carbonyl (C=O) groups excluding carboxylic acids is 1. The second kappa shape index (κ2) is 7.17. The summed E-state index contributed by atoms with van der Waals surface area (Å²) in [5, 5.41) is 10.8. The summed E-state index contributed by atoms with van der Waals surface area (Å²) in [5.74, 6) is -0.391. The average Bonchev–Trinajstić information content (AvgIpc) is 2.52. The number of nitrogens with zero attached hydrogens (tertiary/aromatic N) is 1. The van der Waals surface area contributed by atoms with Crippen LogP contribution in [0.2, 0.25) is 0 Å². The number of rotatable bonds is 5. The molecule has 0 aromatic heterocycles. The first-order valence-corrected chi connectivity index (χ1v) is 6.71. The molecule has 2 aromatic rings. The minimum Gasteiger partial charge on any atom is -0.453 e. The van der Waals surface area contributed by atoms with E-state index in [2.05, 4.69) is 0 Å². The Labute approximate surface area is 128 Å². The van der Waals surface area contributed by atoms with Crippen LogP contribution in [0.3, 0.4) is 0 Å². The molecule has 22 heavy (non-hydrogen) atoms. The van der Waals surface area contributed by atoms with E-state index in [0.717, 1.165) is 5.56 Å². The Morgan fingerprint density at radius 3 is 2.55 bits per heavy atom. The number of benzene rings is 2. The summed E-state index contributed by atoms with van der Waals surface area (Å²) in [5.41, 5.74) is 1.52. The number of nitro groups is 1. The second-order valence-corrected chi connectivity index (χ2v) is 4.65. The third-order valence-electron chi connectivity index (χ3n) is 2.97. The Balaban J connectivity index is 2.25. The van der Waals surface area contributed by atoms with Gasteiger partial charge >= 0.3 is 5.97 Å². The lowest BCUT2D eigenvalue weighted by Crippen LogP contribution is -2.05. The van der Waals surface area contributed by atoms with Crippen molar-refractivity contribution in [2.75, 3.05) is 0 Å². The largest absolute Gasteiger partial charge is 0.453 e. The predicted molar refractivity (Wildman–Crippen MR) is 83.1 cm³/mol. The smallest absolute Gasteiger partial charge is 0.303 e. The van der Waals surface area contributed by atoms with E-state index in [1.54, 1.807) is 24.3 Å². The van der Waals surface area contributed by atoms with Crippen LogP contribution in [-0.2, 0) is 9.53 Å². The van der Waals surface area contributed by atoms with Crippen LogP contribution < -0.4 is 0 Å². The third kappa shape index (κ3) is 4.28. The Morgan fingerprint density at radius 2 is 1.91 bits per heavy atom. The first-order valence-electron chi connectivity index (χ1n) is 6.71. The van der Waals surface area contributed by atoms with Crippen molar-refractivity contribution in [3.63, 3.8) is 0 Å². The molecule has 2 aromatic carbocycles. The molecule has 0 heterocycles. The quantitative estimate of drug-likeness (QED) is 0.476. The lowest BCUT2D eigenvalue weighted by atomic mass is 10.1. The first kappa shape index (κ1) is 15.4. The van der Waals surface area contributed by atoms with E-state index in [9.17, 15) is 14.9 Å². The normalized spacial score (nSPS) is 12.0. The molecule has 0 aliphatic carbocycles. The number of esters is 1. The number of nitro benzene ring substituents is 1. The Kier molecular flexibility index (Phi) is 5.03. The lowest BCUT2D eigenvalue weighted by molar-refractivity contribution is -0.384. The Bertz CT molecular complexity index is 695. The molecule has 112 valence electrons. The molecular formula is C17H15NO4. The minimum absolute atomic E-state index is 0.0193. The molecule has 0 saturated heterocycles. The van der Waals surface area contributed by atoms with E-state index in [1.807, 2.05) is 30.3 Å². The standard InChI is InChI=1S/C17H15NO4/c1-13(19)22-17(15-7-3-2-4-8-15)11-10-14-6-5-9-16(12-14)18(20)21/h2-12,17H,1H3/b11-10+. The van der Waals surface area contributed by atoms with Gasteiger partial charge in [0.05, 0.1) is 4.92 Å². The fraction of sp³-hybridized carbons (Fsp3) is 0.118. The molecule has 0 bridgehead atoms. The molecule has 0 amide bonds. The number of non-ortho nitro benzene ring substituents is 1. The van der Waals surface area contributed by atoms with E-state index < -0.39 is 17.0 Å². The molecule has 2 rings (SSSR count). The van der Waals surface area contributed by atoms with Crippen molar-refractivity contribution in [3.05, 3.63) is 81.9 Å². The number of hydrogen-bond acceptors (Lipinski definition) is 4. The van der Waals surface area contributed by atoms with Crippen LogP contribution in [0.5, 0.6) is 0 Å². The number of ether oxygens (including phenoxy) is 1. The van der Waals surface area contributed by atoms with Crippen LogP contribution in [0.1, 0.15) is 24.2 Å². The van der Waals surface area contributed by atoms with Crippen molar-refractivity contribution in [2.24, 2.45) is 0 Å². The summed E-state index contributed by atoms with van der Waals surface area (Å²) in [6.07, 6.45) is 2.88. The van der Waals surface area contributed by atoms with E-state index in [1.165, 1.54) is 19.1 Å². The zero-order valence-corrected chi connectivity index (χ0v) is 12.0. The van der Waals surface area contributed by atoms with E-state index in [4.69, 9.17) is 4.74 Å². The van der Waals surface area contributed by atoms with Crippen LogP contribution >= 0.6 is 0 Å². The SMILES string of the molecule is CC(=O)OC(/C=C/c1cccc([N+](=O)[O-])c1)c1ccccc1. The van der Waals surface area contributed by atoms with Gasteiger partial charge in [-0.1, -0.05) is 48.5 Å². The van der Waals surface area contributed by atoms with Crippen LogP contribution in [0.15, 0.2) is 60.7 Å². The van der Waals surface area contributed by atoms with E-state index >= 15 is 0 Å². The van der Waals surface area contributed by atoms with Gasteiger partial charge in [-0.25, -0.2) is 0 Å². The monoisotopic (exact) mass is 297 g/mol. The predicted octanol–water partition coefficient (Wildman–Crippen LogP) is 3.91. The van der Waals surface area contributed by atoms with Gasteiger partial charge < -0.3 is 4.74 Å². The number of hydrogen-bond donors (Lipinski definition) is 0. The van der Waals surface area contributed by atoms with Gasteiger partial charge in [0, 0.05) is 19.1 Å². The molecule has 0 N–H and O–H groups in total. The Hall–Kier alpha value is -2.95. The molecule has 0 fully saturated rings. The van der Waals surface area contributed by atoms with Crippen molar-refractivity contribution in [2.45, 2.75) is 13.0 Å². The molecule has 0 aliphatic rings. The van der Waals surface area contributed by atoms with Gasteiger partial charge in [0.25, 0.3) is 5.69 Å². The highest BCUT2D eigenvalue weighted by Gasteiger charge is 2.11. The zero-order valence-electron chi connectivity index (χ0n) is 12.0. The van der Waals surface area contributed by atoms with Crippen LogP contribution in [0.4, 0.5) is 5.69 Å². The fourth-order valence-corrected chi connectivity index (χ4v) is 1.98. The molecule has 1 atom stereocenters. The van der Waals surface area contributed by atoms with Gasteiger partial charge in [0.2, 0.25) is 0 Å². The van der Waals surface area contributed by atoms with Crippen LogP contribution in [0.25, 0.3) is 6.08 Å². The Morgan fingerprint density at radius 1 is 1.18 bits per heavy atom. The lowest BCUT2D eigenvalue weighted by Gasteiger charge is -2.13. The molecule has 0 radical (unpaired) electrons. The highest BCUT2D eigenvalue weighted by Crippen LogP contribution is 2.21. The van der Waals surface area contributed by atoms with E-state index in [0.29, 0.717) is 5.56 Å². The summed E-state index contributed by atoms with van der Waals surface area (Å²) < 4.78 is 5.28. The van der Waals surface area contributed by atoms with Gasteiger partial charge in [-0.05, 0) is 17.2 Å². The summed E-state index contributed by atoms with van der Waals surface area (Å²) in [6.45, 7) is 1.34. The van der Waals surface area contributed by atoms with E-state index in [-0.39, 0.29) is 5.69 Å². The topological polar surface area (TPSA) is 69.4 Å². The van der Waals surface area contributed by atoms with Crippen molar-refractivity contribution >= 4 is 17.7 Å². The molecule has 0 aliphatic heterocycles. The molecule has 0 saturated carbocycles. The zero-order chi connectivity index (χ0) is 15.9. The summed E-state index contributed by atoms with van der Waals surface area (Å²) >= 11 is 0. The van der Waals surface area contributed by atoms with Gasteiger partial charge in [0.15, 0.2) is 0 Å².